The molecule has 4 nitrogen and oxygen atoms in total. The van der Waals surface area contributed by atoms with Crippen LogP contribution in [0.15, 0.2) is 22.6 Å². The molecule has 2 rings (SSSR count). The highest BCUT2D eigenvalue weighted by molar-refractivity contribution is 7.12. The first-order chi connectivity index (χ1) is 9.45. The third kappa shape index (κ3) is 3.71. The van der Waals surface area contributed by atoms with E-state index in [9.17, 15) is 4.79 Å². The van der Waals surface area contributed by atoms with Crippen LogP contribution in [0.2, 0.25) is 0 Å². The molecule has 0 aromatic carbocycles. The van der Waals surface area contributed by atoms with Gasteiger partial charge in [0.1, 0.15) is 11.5 Å². The number of hydrogen-bond donors (Lipinski definition) is 2. The SMILES string of the molecule is Cc1cc(C(C)NCc2ccc(CC(=O)O)s2)c(C)o1. The summed E-state index contributed by atoms with van der Waals surface area (Å²) in [5, 5.41) is 12.2. The molecule has 0 fully saturated rings. The van der Waals surface area contributed by atoms with Gasteiger partial charge in [0.15, 0.2) is 0 Å². The molecule has 2 N–H and O–H groups in total. The molecule has 0 aliphatic rings. The Bertz CT molecular complexity index is 600. The van der Waals surface area contributed by atoms with Gasteiger partial charge in [0.25, 0.3) is 0 Å². The fourth-order valence-electron chi connectivity index (χ4n) is 2.21. The zero-order chi connectivity index (χ0) is 14.7. The topological polar surface area (TPSA) is 62.5 Å². The molecular formula is C15H19NO3S. The second-order valence-electron chi connectivity index (χ2n) is 4.91. The Hall–Kier alpha value is -1.59. The number of rotatable bonds is 6. The van der Waals surface area contributed by atoms with Gasteiger partial charge in [0.2, 0.25) is 0 Å². The highest BCUT2D eigenvalue weighted by Crippen LogP contribution is 2.23. The molecule has 5 heteroatoms. The lowest BCUT2D eigenvalue weighted by Crippen LogP contribution is -2.17. The van der Waals surface area contributed by atoms with Crippen molar-refractivity contribution in [2.24, 2.45) is 0 Å². The molecule has 0 radical (unpaired) electrons. The predicted molar refractivity (Wildman–Crippen MR) is 79.1 cm³/mol. The maximum absolute atomic E-state index is 10.6. The smallest absolute Gasteiger partial charge is 0.308 e. The van der Waals surface area contributed by atoms with Crippen LogP contribution in [0.5, 0.6) is 0 Å². The lowest BCUT2D eigenvalue weighted by Gasteiger charge is -2.12. The van der Waals surface area contributed by atoms with Crippen molar-refractivity contribution in [2.75, 3.05) is 0 Å². The molecule has 2 heterocycles. The van der Waals surface area contributed by atoms with E-state index in [-0.39, 0.29) is 12.5 Å². The molecular weight excluding hydrogens is 274 g/mol. The Morgan fingerprint density at radius 3 is 2.70 bits per heavy atom. The fourth-order valence-corrected chi connectivity index (χ4v) is 3.17. The third-order valence-corrected chi connectivity index (χ3v) is 4.26. The molecule has 0 spiro atoms. The largest absolute Gasteiger partial charge is 0.481 e. The summed E-state index contributed by atoms with van der Waals surface area (Å²) in [7, 11) is 0. The Labute approximate surface area is 122 Å². The molecule has 0 saturated carbocycles. The van der Waals surface area contributed by atoms with Crippen LogP contribution in [0.4, 0.5) is 0 Å². The number of nitrogens with one attached hydrogen (secondary N) is 1. The van der Waals surface area contributed by atoms with Crippen LogP contribution in [0.3, 0.4) is 0 Å². The van der Waals surface area contributed by atoms with Gasteiger partial charge in [-0.1, -0.05) is 0 Å². The van der Waals surface area contributed by atoms with Crippen molar-refractivity contribution in [1.29, 1.82) is 0 Å². The van der Waals surface area contributed by atoms with Crippen LogP contribution in [0.25, 0.3) is 0 Å². The average molecular weight is 293 g/mol. The first-order valence-electron chi connectivity index (χ1n) is 6.55. The van der Waals surface area contributed by atoms with Gasteiger partial charge in [0.05, 0.1) is 6.42 Å². The van der Waals surface area contributed by atoms with E-state index in [4.69, 9.17) is 9.52 Å². The molecule has 0 aliphatic heterocycles. The van der Waals surface area contributed by atoms with Crippen LogP contribution >= 0.6 is 11.3 Å². The van der Waals surface area contributed by atoms with E-state index in [1.165, 1.54) is 5.56 Å². The molecule has 2 aromatic heterocycles. The van der Waals surface area contributed by atoms with Crippen LogP contribution in [0.1, 0.15) is 39.8 Å². The number of aliphatic carboxylic acids is 1. The lowest BCUT2D eigenvalue weighted by molar-refractivity contribution is -0.136. The Morgan fingerprint density at radius 1 is 1.40 bits per heavy atom. The van der Waals surface area contributed by atoms with Gasteiger partial charge < -0.3 is 14.8 Å². The predicted octanol–water partition coefficient (Wildman–Crippen LogP) is 3.44. The maximum Gasteiger partial charge on any atom is 0.308 e. The van der Waals surface area contributed by atoms with E-state index in [2.05, 4.69) is 18.3 Å². The molecule has 108 valence electrons. The van der Waals surface area contributed by atoms with E-state index in [0.29, 0.717) is 0 Å². The minimum Gasteiger partial charge on any atom is -0.481 e. The third-order valence-electron chi connectivity index (χ3n) is 3.17. The minimum absolute atomic E-state index is 0.0975. The zero-order valence-electron chi connectivity index (χ0n) is 11.9. The average Bonchev–Trinajstić information content (AvgIpc) is 2.92. The number of carbonyl (C=O) groups is 1. The van der Waals surface area contributed by atoms with Gasteiger partial charge in [-0.15, -0.1) is 11.3 Å². The van der Waals surface area contributed by atoms with Gasteiger partial charge in [-0.2, -0.15) is 0 Å². The summed E-state index contributed by atoms with van der Waals surface area (Å²) >= 11 is 1.54. The first-order valence-corrected chi connectivity index (χ1v) is 7.37. The van der Waals surface area contributed by atoms with E-state index in [0.717, 1.165) is 27.8 Å². The molecule has 1 atom stereocenters. The first kappa shape index (κ1) is 14.8. The molecule has 20 heavy (non-hydrogen) atoms. The highest BCUT2D eigenvalue weighted by atomic mass is 32.1. The van der Waals surface area contributed by atoms with Crippen LogP contribution < -0.4 is 5.32 Å². The van der Waals surface area contributed by atoms with Crippen molar-refractivity contribution in [3.63, 3.8) is 0 Å². The van der Waals surface area contributed by atoms with E-state index < -0.39 is 5.97 Å². The molecule has 0 bridgehead atoms. The van der Waals surface area contributed by atoms with E-state index in [1.807, 2.05) is 26.0 Å². The number of furan rings is 1. The van der Waals surface area contributed by atoms with Crippen molar-refractivity contribution in [3.05, 3.63) is 45.0 Å². The maximum atomic E-state index is 10.6. The number of carboxylic acids is 1. The van der Waals surface area contributed by atoms with Crippen molar-refractivity contribution in [2.45, 2.75) is 39.8 Å². The molecule has 2 aromatic rings. The molecule has 0 amide bonds. The van der Waals surface area contributed by atoms with Crippen LogP contribution in [-0.2, 0) is 17.8 Å². The number of carboxylic acid groups (broad SMARTS) is 1. The molecule has 1 unspecified atom stereocenters. The molecule has 0 aliphatic carbocycles. The minimum atomic E-state index is -0.788. The number of aryl methyl sites for hydroxylation is 2. The van der Waals surface area contributed by atoms with Gasteiger partial charge in [0, 0.05) is 27.9 Å². The van der Waals surface area contributed by atoms with Crippen molar-refractivity contribution in [3.8, 4) is 0 Å². The normalized spacial score (nSPS) is 12.6. The van der Waals surface area contributed by atoms with E-state index >= 15 is 0 Å². The summed E-state index contributed by atoms with van der Waals surface area (Å²) < 4.78 is 5.53. The standard InChI is InChI=1S/C15H19NO3S/c1-9-6-14(11(3)19-9)10(2)16-8-13-5-4-12(20-13)7-15(17)18/h4-6,10,16H,7-8H2,1-3H3,(H,17,18). The summed E-state index contributed by atoms with van der Waals surface area (Å²) in [6.45, 7) is 6.75. The molecule has 0 saturated heterocycles. The number of thiophene rings is 1. The quantitative estimate of drug-likeness (QED) is 0.856. The summed E-state index contributed by atoms with van der Waals surface area (Å²) in [4.78, 5) is 12.7. The summed E-state index contributed by atoms with van der Waals surface area (Å²) in [6.07, 6.45) is 0.0975. The zero-order valence-corrected chi connectivity index (χ0v) is 12.7. The highest BCUT2D eigenvalue weighted by Gasteiger charge is 2.12. The van der Waals surface area contributed by atoms with Crippen LogP contribution in [0, 0.1) is 13.8 Å². The van der Waals surface area contributed by atoms with Gasteiger partial charge >= 0.3 is 5.97 Å². The van der Waals surface area contributed by atoms with Crippen molar-refractivity contribution < 1.29 is 14.3 Å². The fraction of sp³-hybridized carbons (Fsp3) is 0.400. The summed E-state index contributed by atoms with van der Waals surface area (Å²) in [5.41, 5.74) is 1.17. The lowest BCUT2D eigenvalue weighted by atomic mass is 10.1. The Morgan fingerprint density at radius 2 is 2.10 bits per heavy atom. The second-order valence-corrected chi connectivity index (χ2v) is 6.16. The summed E-state index contributed by atoms with van der Waals surface area (Å²) in [6, 6.07) is 6.12. The summed E-state index contributed by atoms with van der Waals surface area (Å²) in [5.74, 6) is 1.08. The number of hydrogen-bond acceptors (Lipinski definition) is 4. The Balaban J connectivity index is 1.93. The van der Waals surface area contributed by atoms with Gasteiger partial charge in [-0.25, -0.2) is 0 Å². The van der Waals surface area contributed by atoms with Crippen LogP contribution in [-0.4, -0.2) is 11.1 Å². The van der Waals surface area contributed by atoms with Crippen molar-refractivity contribution in [1.82, 2.24) is 5.32 Å². The van der Waals surface area contributed by atoms with E-state index in [1.54, 1.807) is 11.3 Å². The van der Waals surface area contributed by atoms with Crippen molar-refractivity contribution >= 4 is 17.3 Å². The second kappa shape index (κ2) is 6.24. The Kier molecular flexibility index (Phi) is 4.62. The van der Waals surface area contributed by atoms with Gasteiger partial charge in [-0.3, -0.25) is 4.79 Å². The monoisotopic (exact) mass is 293 g/mol. The van der Waals surface area contributed by atoms with Gasteiger partial charge in [-0.05, 0) is 39.0 Å².